The van der Waals surface area contributed by atoms with Crippen molar-refractivity contribution in [3.63, 3.8) is 0 Å². The quantitative estimate of drug-likeness (QED) is 0.354. The molecular weight excluding hydrogens is 216 g/mol. The molecule has 0 amide bonds. The van der Waals surface area contributed by atoms with Gasteiger partial charge in [0.1, 0.15) is 5.69 Å². The van der Waals surface area contributed by atoms with Crippen LogP contribution in [0.25, 0.3) is 0 Å². The Hall–Kier alpha value is -1.78. The molecular formula is C12H20N4O. The number of amidine groups is 1. The number of oxime groups is 1. The number of aromatic nitrogens is 1. The summed E-state index contributed by atoms with van der Waals surface area (Å²) in [6.45, 7) is 7.38. The number of pyridine rings is 1. The van der Waals surface area contributed by atoms with E-state index in [1.165, 1.54) is 0 Å². The third kappa shape index (κ3) is 3.09. The van der Waals surface area contributed by atoms with Crippen LogP contribution in [-0.4, -0.2) is 28.6 Å². The van der Waals surface area contributed by atoms with Crippen molar-refractivity contribution in [3.05, 3.63) is 24.0 Å². The molecule has 0 saturated heterocycles. The zero-order valence-corrected chi connectivity index (χ0v) is 10.6. The van der Waals surface area contributed by atoms with E-state index in [1.54, 1.807) is 12.3 Å². The van der Waals surface area contributed by atoms with Gasteiger partial charge >= 0.3 is 0 Å². The van der Waals surface area contributed by atoms with Gasteiger partial charge in [-0.15, -0.1) is 0 Å². The van der Waals surface area contributed by atoms with E-state index in [4.69, 9.17) is 10.9 Å². The van der Waals surface area contributed by atoms with Crippen molar-refractivity contribution in [2.24, 2.45) is 10.9 Å². The predicted molar refractivity (Wildman–Crippen MR) is 69.5 cm³/mol. The Morgan fingerprint density at radius 1 is 1.53 bits per heavy atom. The fourth-order valence-corrected chi connectivity index (χ4v) is 1.73. The van der Waals surface area contributed by atoms with Gasteiger partial charge in [0.05, 0.1) is 11.9 Å². The molecule has 1 rings (SSSR count). The second kappa shape index (κ2) is 6.08. The van der Waals surface area contributed by atoms with Crippen LogP contribution in [-0.2, 0) is 0 Å². The first-order valence-corrected chi connectivity index (χ1v) is 5.84. The molecule has 0 saturated carbocycles. The minimum Gasteiger partial charge on any atom is -0.409 e. The van der Waals surface area contributed by atoms with Gasteiger partial charge in [-0.05, 0) is 32.4 Å². The summed E-state index contributed by atoms with van der Waals surface area (Å²) in [6.07, 6.45) is 2.83. The van der Waals surface area contributed by atoms with Gasteiger partial charge in [0, 0.05) is 12.6 Å². The molecule has 0 fully saturated rings. The van der Waals surface area contributed by atoms with Crippen molar-refractivity contribution in [1.29, 1.82) is 0 Å². The molecule has 5 heteroatoms. The van der Waals surface area contributed by atoms with Crippen molar-refractivity contribution < 1.29 is 5.21 Å². The molecule has 0 aliphatic rings. The van der Waals surface area contributed by atoms with Crippen molar-refractivity contribution >= 4 is 11.5 Å². The lowest BCUT2D eigenvalue weighted by Gasteiger charge is -2.29. The van der Waals surface area contributed by atoms with Crippen LogP contribution >= 0.6 is 0 Å². The van der Waals surface area contributed by atoms with Gasteiger partial charge in [0.15, 0.2) is 5.84 Å². The molecule has 3 N–H and O–H groups in total. The van der Waals surface area contributed by atoms with Crippen molar-refractivity contribution in [2.45, 2.75) is 33.2 Å². The molecule has 0 bridgehead atoms. The van der Waals surface area contributed by atoms with Crippen LogP contribution in [0.2, 0.25) is 0 Å². The van der Waals surface area contributed by atoms with Gasteiger partial charge in [-0.25, -0.2) is 0 Å². The van der Waals surface area contributed by atoms with E-state index in [-0.39, 0.29) is 5.84 Å². The van der Waals surface area contributed by atoms with Crippen molar-refractivity contribution in [3.8, 4) is 0 Å². The van der Waals surface area contributed by atoms with Crippen LogP contribution in [0.4, 0.5) is 5.69 Å². The number of nitrogens with zero attached hydrogens (tertiary/aromatic N) is 3. The summed E-state index contributed by atoms with van der Waals surface area (Å²) in [7, 11) is 0. The van der Waals surface area contributed by atoms with Gasteiger partial charge in [-0.3, -0.25) is 4.98 Å². The highest BCUT2D eigenvalue weighted by molar-refractivity contribution is 5.95. The molecule has 1 aromatic heterocycles. The molecule has 17 heavy (non-hydrogen) atoms. The summed E-state index contributed by atoms with van der Waals surface area (Å²) in [5, 5.41) is 11.5. The van der Waals surface area contributed by atoms with Gasteiger partial charge in [0.2, 0.25) is 0 Å². The molecule has 1 atom stereocenters. The smallest absolute Gasteiger partial charge is 0.188 e. The van der Waals surface area contributed by atoms with E-state index in [2.05, 4.69) is 35.8 Å². The molecule has 0 aromatic carbocycles. The Bertz CT molecular complexity index is 375. The van der Waals surface area contributed by atoms with Crippen LogP contribution < -0.4 is 10.6 Å². The normalized spacial score (nSPS) is 13.5. The fraction of sp³-hybridized carbons (Fsp3) is 0.500. The Labute approximate surface area is 102 Å². The molecule has 1 heterocycles. The third-order valence-electron chi connectivity index (χ3n) is 2.91. The monoisotopic (exact) mass is 236 g/mol. The number of anilines is 1. The zero-order valence-electron chi connectivity index (χ0n) is 10.6. The lowest BCUT2D eigenvalue weighted by molar-refractivity contribution is 0.318. The topological polar surface area (TPSA) is 74.7 Å². The largest absolute Gasteiger partial charge is 0.409 e. The van der Waals surface area contributed by atoms with E-state index in [9.17, 15) is 0 Å². The Morgan fingerprint density at radius 3 is 2.65 bits per heavy atom. The highest BCUT2D eigenvalue weighted by Crippen LogP contribution is 2.17. The molecule has 5 nitrogen and oxygen atoms in total. The molecule has 0 radical (unpaired) electrons. The molecule has 0 aliphatic heterocycles. The summed E-state index contributed by atoms with van der Waals surface area (Å²) in [5.41, 5.74) is 7.00. The standard InChI is InChI=1S/C12H20N4O/c1-4-9(3)16(5-2)10-6-7-11(14-8-10)12(13)15-17/h6-9,17H,4-5H2,1-3H3,(H2,13,15). The van der Waals surface area contributed by atoms with Crippen molar-refractivity contribution in [2.75, 3.05) is 11.4 Å². The lowest BCUT2D eigenvalue weighted by atomic mass is 10.2. The Balaban J connectivity index is 2.92. The zero-order chi connectivity index (χ0) is 12.8. The van der Waals surface area contributed by atoms with E-state index < -0.39 is 0 Å². The minimum absolute atomic E-state index is 0.0307. The maximum Gasteiger partial charge on any atom is 0.188 e. The fourth-order valence-electron chi connectivity index (χ4n) is 1.73. The maximum atomic E-state index is 8.55. The molecule has 1 unspecified atom stereocenters. The van der Waals surface area contributed by atoms with Crippen LogP contribution in [0.5, 0.6) is 0 Å². The van der Waals surface area contributed by atoms with Crippen molar-refractivity contribution in [1.82, 2.24) is 4.98 Å². The highest BCUT2D eigenvalue weighted by Gasteiger charge is 2.11. The molecule has 0 spiro atoms. The highest BCUT2D eigenvalue weighted by atomic mass is 16.4. The Morgan fingerprint density at radius 2 is 2.24 bits per heavy atom. The van der Waals surface area contributed by atoms with Crippen LogP contribution in [0.1, 0.15) is 32.9 Å². The van der Waals surface area contributed by atoms with Crippen LogP contribution in [0.3, 0.4) is 0 Å². The summed E-state index contributed by atoms with van der Waals surface area (Å²) in [5.74, 6) is 0.0307. The second-order valence-corrected chi connectivity index (χ2v) is 3.93. The van der Waals surface area contributed by atoms with E-state index >= 15 is 0 Å². The number of nitrogens with two attached hydrogens (primary N) is 1. The average molecular weight is 236 g/mol. The Kier molecular flexibility index (Phi) is 4.75. The van der Waals surface area contributed by atoms with Gasteiger partial charge in [0.25, 0.3) is 0 Å². The van der Waals surface area contributed by atoms with Crippen LogP contribution in [0, 0.1) is 0 Å². The van der Waals surface area contributed by atoms with Gasteiger partial charge in [-0.1, -0.05) is 12.1 Å². The number of hydrogen-bond acceptors (Lipinski definition) is 4. The average Bonchev–Trinajstić information content (AvgIpc) is 2.39. The molecule has 0 aliphatic carbocycles. The van der Waals surface area contributed by atoms with Gasteiger partial charge in [-0.2, -0.15) is 0 Å². The molecule has 1 aromatic rings. The summed E-state index contributed by atoms with van der Waals surface area (Å²) in [4.78, 5) is 6.44. The maximum absolute atomic E-state index is 8.55. The summed E-state index contributed by atoms with van der Waals surface area (Å²) >= 11 is 0. The summed E-state index contributed by atoms with van der Waals surface area (Å²) in [6, 6.07) is 4.17. The lowest BCUT2D eigenvalue weighted by Crippen LogP contribution is -2.32. The molecule has 94 valence electrons. The van der Waals surface area contributed by atoms with Gasteiger partial charge < -0.3 is 15.8 Å². The first-order valence-electron chi connectivity index (χ1n) is 5.84. The SMILES string of the molecule is CCC(C)N(CC)c1ccc(/C(N)=N/O)nc1. The third-order valence-corrected chi connectivity index (χ3v) is 2.91. The number of rotatable bonds is 5. The summed E-state index contributed by atoms with van der Waals surface area (Å²) < 4.78 is 0. The first kappa shape index (κ1) is 13.3. The van der Waals surface area contributed by atoms with E-state index in [0.29, 0.717) is 11.7 Å². The minimum atomic E-state index is 0.0307. The predicted octanol–water partition coefficient (Wildman–Crippen LogP) is 1.80. The van der Waals surface area contributed by atoms with E-state index in [0.717, 1.165) is 18.7 Å². The second-order valence-electron chi connectivity index (χ2n) is 3.93. The number of hydrogen-bond donors (Lipinski definition) is 2. The van der Waals surface area contributed by atoms with E-state index in [1.807, 2.05) is 6.07 Å². The van der Waals surface area contributed by atoms with Crippen LogP contribution in [0.15, 0.2) is 23.5 Å². The first-order chi connectivity index (χ1) is 8.13.